The lowest BCUT2D eigenvalue weighted by Gasteiger charge is -2.24. The molecule has 1 N–H and O–H groups in total. The van der Waals surface area contributed by atoms with Crippen LogP contribution in [0.3, 0.4) is 0 Å². The summed E-state index contributed by atoms with van der Waals surface area (Å²) in [6.45, 7) is 1.64. The van der Waals surface area contributed by atoms with Crippen LogP contribution in [0.5, 0.6) is 11.5 Å². The van der Waals surface area contributed by atoms with Crippen molar-refractivity contribution < 1.29 is 22.7 Å². The van der Waals surface area contributed by atoms with Crippen LogP contribution in [0, 0.1) is 0 Å². The van der Waals surface area contributed by atoms with E-state index in [0.717, 1.165) is 16.1 Å². The van der Waals surface area contributed by atoms with E-state index < -0.39 is 15.9 Å². The molecule has 0 aliphatic rings. The molecule has 0 aliphatic heterocycles. The summed E-state index contributed by atoms with van der Waals surface area (Å²) < 4.78 is 36.0. The van der Waals surface area contributed by atoms with E-state index in [1.54, 1.807) is 56.7 Å². The van der Waals surface area contributed by atoms with Gasteiger partial charge in [0.2, 0.25) is 15.9 Å². The molecule has 0 heterocycles. The van der Waals surface area contributed by atoms with Gasteiger partial charge < -0.3 is 14.8 Å². The number of anilines is 1. The Morgan fingerprint density at radius 2 is 1.71 bits per heavy atom. The summed E-state index contributed by atoms with van der Waals surface area (Å²) in [4.78, 5) is 12.6. The van der Waals surface area contributed by atoms with Crippen molar-refractivity contribution in [2.45, 2.75) is 19.4 Å². The minimum Gasteiger partial charge on any atom is -0.493 e. The van der Waals surface area contributed by atoms with Gasteiger partial charge in [0.1, 0.15) is 6.54 Å². The van der Waals surface area contributed by atoms with Crippen LogP contribution in [-0.2, 0) is 14.8 Å². The normalized spacial score (nSPS) is 12.1. The highest BCUT2D eigenvalue weighted by atomic mass is 32.2. The SMILES string of the molecule is CC[C@H](NC(=O)CN(c1ccccc1)S(C)(=O)=O)c1ccc(OC)c(OC)c1. The van der Waals surface area contributed by atoms with Gasteiger partial charge in [-0.1, -0.05) is 31.2 Å². The van der Waals surface area contributed by atoms with E-state index >= 15 is 0 Å². The van der Waals surface area contributed by atoms with Crippen molar-refractivity contribution in [1.29, 1.82) is 0 Å². The Labute approximate surface area is 166 Å². The zero-order chi connectivity index (χ0) is 20.7. The number of amides is 1. The van der Waals surface area contributed by atoms with E-state index in [2.05, 4.69) is 5.32 Å². The first-order chi connectivity index (χ1) is 13.3. The van der Waals surface area contributed by atoms with E-state index in [1.165, 1.54) is 0 Å². The summed E-state index contributed by atoms with van der Waals surface area (Å²) in [6.07, 6.45) is 1.71. The molecule has 0 bridgehead atoms. The summed E-state index contributed by atoms with van der Waals surface area (Å²) >= 11 is 0. The van der Waals surface area contributed by atoms with E-state index in [-0.39, 0.29) is 12.6 Å². The number of hydrogen-bond donors (Lipinski definition) is 1. The number of nitrogens with zero attached hydrogens (tertiary/aromatic N) is 1. The van der Waals surface area contributed by atoms with Gasteiger partial charge in [-0.05, 0) is 36.2 Å². The van der Waals surface area contributed by atoms with Gasteiger partial charge in [0.25, 0.3) is 0 Å². The van der Waals surface area contributed by atoms with Gasteiger partial charge in [-0.2, -0.15) is 0 Å². The predicted molar refractivity (Wildman–Crippen MR) is 109 cm³/mol. The maximum atomic E-state index is 12.6. The third-order valence-electron chi connectivity index (χ3n) is 4.29. The van der Waals surface area contributed by atoms with E-state index in [4.69, 9.17) is 9.47 Å². The van der Waals surface area contributed by atoms with E-state index in [9.17, 15) is 13.2 Å². The Morgan fingerprint density at radius 1 is 1.07 bits per heavy atom. The Kier molecular flexibility index (Phi) is 7.28. The fourth-order valence-corrected chi connectivity index (χ4v) is 3.71. The number of benzene rings is 2. The van der Waals surface area contributed by atoms with Crippen LogP contribution >= 0.6 is 0 Å². The Morgan fingerprint density at radius 3 is 2.25 bits per heavy atom. The Hall–Kier alpha value is -2.74. The first kappa shape index (κ1) is 21.6. The van der Waals surface area contributed by atoms with E-state index in [1.807, 2.05) is 13.0 Å². The number of hydrogen-bond acceptors (Lipinski definition) is 5. The van der Waals surface area contributed by atoms with Crippen molar-refractivity contribution in [2.75, 3.05) is 31.3 Å². The lowest BCUT2D eigenvalue weighted by molar-refractivity contribution is -0.120. The van der Waals surface area contributed by atoms with Gasteiger partial charge in [0.05, 0.1) is 32.2 Å². The number of sulfonamides is 1. The third kappa shape index (κ3) is 5.39. The summed E-state index contributed by atoms with van der Waals surface area (Å²) in [5.74, 6) is 0.769. The molecule has 0 unspecified atom stereocenters. The summed E-state index contributed by atoms with van der Waals surface area (Å²) in [5, 5.41) is 2.90. The Bertz CT molecular complexity index is 900. The van der Waals surface area contributed by atoms with Crippen LogP contribution in [0.15, 0.2) is 48.5 Å². The number of para-hydroxylation sites is 1. The second-order valence-corrected chi connectivity index (χ2v) is 8.15. The minimum absolute atomic E-state index is 0.288. The molecule has 28 heavy (non-hydrogen) atoms. The standard InChI is InChI=1S/C20H26N2O5S/c1-5-17(15-11-12-18(26-2)19(13-15)27-3)21-20(23)14-22(28(4,24)25)16-9-7-6-8-10-16/h6-13,17H,5,14H2,1-4H3,(H,21,23)/t17-/m0/s1. The highest BCUT2D eigenvalue weighted by Gasteiger charge is 2.22. The molecule has 2 aromatic carbocycles. The number of carbonyl (C=O) groups is 1. The van der Waals surface area contributed by atoms with Crippen LogP contribution in [0.1, 0.15) is 24.9 Å². The minimum atomic E-state index is -3.60. The summed E-state index contributed by atoms with van der Waals surface area (Å²) in [6, 6.07) is 13.7. The van der Waals surface area contributed by atoms with Crippen molar-refractivity contribution in [1.82, 2.24) is 5.32 Å². The molecule has 2 rings (SSSR count). The smallest absolute Gasteiger partial charge is 0.241 e. The summed E-state index contributed by atoms with van der Waals surface area (Å²) in [5.41, 5.74) is 1.29. The fourth-order valence-electron chi connectivity index (χ4n) is 2.86. The monoisotopic (exact) mass is 406 g/mol. The molecule has 8 heteroatoms. The van der Waals surface area contributed by atoms with Gasteiger partial charge in [-0.3, -0.25) is 9.10 Å². The second kappa shape index (κ2) is 9.45. The average molecular weight is 407 g/mol. The third-order valence-corrected chi connectivity index (χ3v) is 5.43. The zero-order valence-electron chi connectivity index (χ0n) is 16.5. The van der Waals surface area contributed by atoms with Crippen LogP contribution in [0.25, 0.3) is 0 Å². The first-order valence-corrected chi connectivity index (χ1v) is 10.7. The largest absolute Gasteiger partial charge is 0.493 e. The van der Waals surface area contributed by atoms with Crippen molar-refractivity contribution in [2.24, 2.45) is 0 Å². The van der Waals surface area contributed by atoms with Gasteiger partial charge in [0.15, 0.2) is 11.5 Å². The number of ether oxygens (including phenoxy) is 2. The number of carbonyl (C=O) groups excluding carboxylic acids is 1. The van der Waals surface area contributed by atoms with Crippen LogP contribution in [0.2, 0.25) is 0 Å². The lowest BCUT2D eigenvalue weighted by Crippen LogP contribution is -2.41. The molecule has 152 valence electrons. The molecule has 0 aliphatic carbocycles. The molecular weight excluding hydrogens is 380 g/mol. The maximum absolute atomic E-state index is 12.6. The molecule has 0 spiro atoms. The van der Waals surface area contributed by atoms with Crippen LogP contribution in [-0.4, -0.2) is 41.3 Å². The quantitative estimate of drug-likeness (QED) is 0.692. The summed E-state index contributed by atoms with van der Waals surface area (Å²) in [7, 11) is -0.502. The molecule has 0 saturated carbocycles. The topological polar surface area (TPSA) is 84.9 Å². The predicted octanol–water partition coefficient (Wildman–Crippen LogP) is 2.74. The molecule has 7 nitrogen and oxygen atoms in total. The molecule has 0 saturated heterocycles. The average Bonchev–Trinajstić information content (AvgIpc) is 2.69. The first-order valence-electron chi connectivity index (χ1n) is 8.84. The van der Waals surface area contributed by atoms with Gasteiger partial charge in [-0.15, -0.1) is 0 Å². The maximum Gasteiger partial charge on any atom is 0.241 e. The van der Waals surface area contributed by atoms with Gasteiger partial charge in [0, 0.05) is 0 Å². The fraction of sp³-hybridized carbons (Fsp3) is 0.350. The molecule has 1 atom stereocenters. The molecule has 0 aromatic heterocycles. The molecule has 1 amide bonds. The van der Waals surface area contributed by atoms with Gasteiger partial charge >= 0.3 is 0 Å². The van der Waals surface area contributed by atoms with Crippen molar-refractivity contribution >= 4 is 21.6 Å². The van der Waals surface area contributed by atoms with Crippen LogP contribution < -0.4 is 19.1 Å². The number of methoxy groups -OCH3 is 2. The molecule has 0 fully saturated rings. The van der Waals surface area contributed by atoms with E-state index in [0.29, 0.717) is 23.6 Å². The zero-order valence-corrected chi connectivity index (χ0v) is 17.3. The second-order valence-electron chi connectivity index (χ2n) is 6.25. The van der Waals surface area contributed by atoms with Gasteiger partial charge in [-0.25, -0.2) is 8.42 Å². The van der Waals surface area contributed by atoms with Crippen molar-refractivity contribution in [3.05, 3.63) is 54.1 Å². The number of rotatable bonds is 9. The highest BCUT2D eigenvalue weighted by molar-refractivity contribution is 7.92. The molecule has 2 aromatic rings. The molecule has 0 radical (unpaired) electrons. The molecular formula is C20H26N2O5S. The number of nitrogens with one attached hydrogen (secondary N) is 1. The van der Waals surface area contributed by atoms with Crippen molar-refractivity contribution in [3.63, 3.8) is 0 Å². The van der Waals surface area contributed by atoms with Crippen LogP contribution in [0.4, 0.5) is 5.69 Å². The highest BCUT2D eigenvalue weighted by Crippen LogP contribution is 2.31. The lowest BCUT2D eigenvalue weighted by atomic mass is 10.0. The van der Waals surface area contributed by atoms with Crippen molar-refractivity contribution in [3.8, 4) is 11.5 Å². The Balaban J connectivity index is 2.19.